The molecule has 0 atom stereocenters. The molecule has 1 aliphatic heterocycles. The van der Waals surface area contributed by atoms with Crippen LogP contribution in [0.1, 0.15) is 22.3 Å². The third-order valence-electron chi connectivity index (χ3n) is 3.95. The Labute approximate surface area is 150 Å². The smallest absolute Gasteiger partial charge is 0.258 e. The van der Waals surface area contributed by atoms with E-state index in [-0.39, 0.29) is 10.6 Å². The maximum absolute atomic E-state index is 11.1. The molecular formula is C18H18N4O2S. The predicted molar refractivity (Wildman–Crippen MR) is 103 cm³/mol. The van der Waals surface area contributed by atoms with Gasteiger partial charge in [-0.25, -0.2) is 4.99 Å². The summed E-state index contributed by atoms with van der Waals surface area (Å²) >= 11 is 1.53. The van der Waals surface area contributed by atoms with Gasteiger partial charge in [-0.2, -0.15) is 5.10 Å². The van der Waals surface area contributed by atoms with Gasteiger partial charge in [-0.1, -0.05) is 41.6 Å². The Morgan fingerprint density at radius 3 is 2.60 bits per heavy atom. The zero-order valence-electron chi connectivity index (χ0n) is 14.2. The summed E-state index contributed by atoms with van der Waals surface area (Å²) in [7, 11) is 0. The van der Waals surface area contributed by atoms with Crippen LogP contribution in [0.3, 0.4) is 0 Å². The van der Waals surface area contributed by atoms with E-state index in [1.807, 2.05) is 25.1 Å². The number of nitro benzene ring substituents is 1. The van der Waals surface area contributed by atoms with Crippen LogP contribution in [0.25, 0.3) is 0 Å². The van der Waals surface area contributed by atoms with Gasteiger partial charge < -0.3 is 0 Å². The van der Waals surface area contributed by atoms with Crippen molar-refractivity contribution >= 4 is 34.0 Å². The number of hydrazone groups is 1. The second-order valence-electron chi connectivity index (χ2n) is 5.92. The minimum absolute atomic E-state index is 0.111. The molecule has 1 aliphatic rings. The molecule has 0 bridgehead atoms. The van der Waals surface area contributed by atoms with E-state index in [0.29, 0.717) is 11.3 Å². The second kappa shape index (κ2) is 7.06. The number of thioether (sulfide) groups is 1. The SMILES string of the molecule is Cc1ccc(N=C2NN=C(c3ccc(C)c([N+](=O)[O-])c3)CS2)c(C)c1. The number of hydrogen-bond donors (Lipinski definition) is 1. The van der Waals surface area contributed by atoms with Crippen molar-refractivity contribution in [3.05, 3.63) is 68.8 Å². The van der Waals surface area contributed by atoms with E-state index in [4.69, 9.17) is 0 Å². The van der Waals surface area contributed by atoms with Gasteiger partial charge in [0.1, 0.15) is 0 Å². The molecular weight excluding hydrogens is 336 g/mol. The highest BCUT2D eigenvalue weighted by atomic mass is 32.2. The fourth-order valence-corrected chi connectivity index (χ4v) is 3.33. The van der Waals surface area contributed by atoms with Gasteiger partial charge in [-0.3, -0.25) is 15.5 Å². The Hall–Kier alpha value is -2.67. The maximum Gasteiger partial charge on any atom is 0.272 e. The summed E-state index contributed by atoms with van der Waals surface area (Å²) in [6.07, 6.45) is 0. The van der Waals surface area contributed by atoms with Gasteiger partial charge in [0, 0.05) is 22.9 Å². The number of nitrogens with zero attached hydrogens (tertiary/aromatic N) is 3. The van der Waals surface area contributed by atoms with Crippen molar-refractivity contribution in [2.75, 3.05) is 5.75 Å². The molecule has 2 aromatic carbocycles. The normalized spacial score (nSPS) is 15.6. The van der Waals surface area contributed by atoms with Crippen LogP contribution in [-0.4, -0.2) is 21.6 Å². The van der Waals surface area contributed by atoms with E-state index in [1.54, 1.807) is 19.1 Å². The molecule has 0 radical (unpaired) electrons. The number of aliphatic imine (C=N–C) groups is 1. The van der Waals surface area contributed by atoms with Crippen LogP contribution in [-0.2, 0) is 0 Å². The zero-order chi connectivity index (χ0) is 18.0. The Kier molecular flexibility index (Phi) is 4.85. The molecule has 0 amide bonds. The largest absolute Gasteiger partial charge is 0.272 e. The highest BCUT2D eigenvalue weighted by Gasteiger charge is 2.17. The molecule has 0 saturated heterocycles. The number of hydrogen-bond acceptors (Lipinski definition) is 5. The van der Waals surface area contributed by atoms with Gasteiger partial charge in [0.25, 0.3) is 5.69 Å². The molecule has 128 valence electrons. The van der Waals surface area contributed by atoms with Crippen LogP contribution in [0.5, 0.6) is 0 Å². The standard InChI is InChI=1S/C18H18N4O2S/c1-11-4-7-15(13(3)8-11)19-18-21-20-16(10-25-18)14-6-5-12(2)17(9-14)22(23)24/h4-9H,10H2,1-3H3,(H,19,21). The first-order valence-electron chi connectivity index (χ1n) is 7.81. The molecule has 1 heterocycles. The average molecular weight is 354 g/mol. The summed E-state index contributed by atoms with van der Waals surface area (Å²) < 4.78 is 0. The average Bonchev–Trinajstić information content (AvgIpc) is 2.58. The topological polar surface area (TPSA) is 79.9 Å². The molecule has 0 aliphatic carbocycles. The van der Waals surface area contributed by atoms with Gasteiger partial charge >= 0.3 is 0 Å². The summed E-state index contributed by atoms with van der Waals surface area (Å²) in [5.41, 5.74) is 8.45. The molecule has 0 aromatic heterocycles. The highest BCUT2D eigenvalue weighted by Crippen LogP contribution is 2.24. The summed E-state index contributed by atoms with van der Waals surface area (Å²) in [5.74, 6) is 0.608. The molecule has 6 nitrogen and oxygen atoms in total. The second-order valence-corrected chi connectivity index (χ2v) is 6.89. The lowest BCUT2D eigenvalue weighted by Gasteiger charge is -2.15. The van der Waals surface area contributed by atoms with Crippen LogP contribution >= 0.6 is 11.8 Å². The Morgan fingerprint density at radius 1 is 1.16 bits per heavy atom. The van der Waals surface area contributed by atoms with Gasteiger partial charge in [-0.15, -0.1) is 0 Å². The summed E-state index contributed by atoms with van der Waals surface area (Å²) in [6, 6.07) is 11.3. The van der Waals surface area contributed by atoms with Crippen molar-refractivity contribution in [2.24, 2.45) is 10.1 Å². The third-order valence-corrected chi connectivity index (χ3v) is 4.82. The number of rotatable bonds is 3. The van der Waals surface area contributed by atoms with Crippen LogP contribution in [0, 0.1) is 30.9 Å². The van der Waals surface area contributed by atoms with Crippen molar-refractivity contribution in [1.82, 2.24) is 5.43 Å². The molecule has 25 heavy (non-hydrogen) atoms. The van der Waals surface area contributed by atoms with Crippen molar-refractivity contribution in [3.63, 3.8) is 0 Å². The molecule has 0 unspecified atom stereocenters. The molecule has 3 rings (SSSR count). The van der Waals surface area contributed by atoms with E-state index >= 15 is 0 Å². The molecule has 0 saturated carbocycles. The summed E-state index contributed by atoms with van der Waals surface area (Å²) in [4.78, 5) is 15.3. The van der Waals surface area contributed by atoms with Gasteiger partial charge in [0.2, 0.25) is 0 Å². The lowest BCUT2D eigenvalue weighted by molar-refractivity contribution is -0.385. The predicted octanol–water partition coefficient (Wildman–Crippen LogP) is 4.25. The van der Waals surface area contributed by atoms with Crippen LogP contribution in [0.2, 0.25) is 0 Å². The third kappa shape index (κ3) is 3.88. The number of amidine groups is 1. The Balaban J connectivity index is 1.82. The first-order chi connectivity index (χ1) is 11.9. The molecule has 7 heteroatoms. The molecule has 1 N–H and O–H groups in total. The Morgan fingerprint density at radius 2 is 1.96 bits per heavy atom. The van der Waals surface area contributed by atoms with Crippen molar-refractivity contribution in [1.29, 1.82) is 0 Å². The maximum atomic E-state index is 11.1. The first kappa shape index (κ1) is 17.2. The van der Waals surface area contributed by atoms with E-state index in [1.165, 1.54) is 17.3 Å². The molecule has 0 fully saturated rings. The van der Waals surface area contributed by atoms with Crippen molar-refractivity contribution < 1.29 is 4.92 Å². The fraction of sp³-hybridized carbons (Fsp3) is 0.222. The molecule has 2 aromatic rings. The summed E-state index contributed by atoms with van der Waals surface area (Å²) in [5, 5.41) is 16.2. The zero-order valence-corrected chi connectivity index (χ0v) is 15.1. The van der Waals surface area contributed by atoms with Crippen LogP contribution < -0.4 is 5.43 Å². The highest BCUT2D eigenvalue weighted by molar-refractivity contribution is 8.14. The number of benzene rings is 2. The van der Waals surface area contributed by atoms with E-state index in [9.17, 15) is 10.1 Å². The van der Waals surface area contributed by atoms with Gasteiger partial charge in [0.15, 0.2) is 5.17 Å². The first-order valence-corrected chi connectivity index (χ1v) is 8.79. The molecule has 0 spiro atoms. The Bertz CT molecular complexity index is 906. The number of nitro groups is 1. The van der Waals surface area contributed by atoms with Crippen molar-refractivity contribution in [2.45, 2.75) is 20.8 Å². The number of aryl methyl sites for hydroxylation is 3. The summed E-state index contributed by atoms with van der Waals surface area (Å²) in [6.45, 7) is 5.81. The van der Waals surface area contributed by atoms with Crippen molar-refractivity contribution in [3.8, 4) is 0 Å². The minimum atomic E-state index is -0.365. The number of nitrogens with one attached hydrogen (secondary N) is 1. The van der Waals surface area contributed by atoms with Gasteiger partial charge in [0.05, 0.1) is 16.3 Å². The van der Waals surface area contributed by atoms with E-state index in [0.717, 1.165) is 27.7 Å². The lowest BCUT2D eigenvalue weighted by Crippen LogP contribution is -2.25. The van der Waals surface area contributed by atoms with Crippen LogP contribution in [0.15, 0.2) is 46.5 Å². The quantitative estimate of drug-likeness (QED) is 0.660. The lowest BCUT2D eigenvalue weighted by atomic mass is 10.1. The van der Waals surface area contributed by atoms with E-state index < -0.39 is 0 Å². The monoisotopic (exact) mass is 354 g/mol. The van der Waals surface area contributed by atoms with Gasteiger partial charge in [-0.05, 0) is 32.4 Å². The minimum Gasteiger partial charge on any atom is -0.258 e. The van der Waals surface area contributed by atoms with E-state index in [2.05, 4.69) is 28.5 Å². The van der Waals surface area contributed by atoms with Crippen LogP contribution in [0.4, 0.5) is 11.4 Å². The fourth-order valence-electron chi connectivity index (χ4n) is 2.55.